The molecule has 3 N–H and O–H groups in total. The van der Waals surface area contributed by atoms with Crippen LogP contribution in [0.5, 0.6) is 0 Å². The second kappa shape index (κ2) is 80.3. The van der Waals surface area contributed by atoms with E-state index in [-0.39, 0.29) is 25.7 Å². The summed E-state index contributed by atoms with van der Waals surface area (Å²) < 4.78 is 68.7. The molecule has 0 amide bonds. The first kappa shape index (κ1) is 103. The zero-order chi connectivity index (χ0) is 78.9. The van der Waals surface area contributed by atoms with E-state index in [2.05, 4.69) is 161 Å². The summed E-state index contributed by atoms with van der Waals surface area (Å²) in [5.41, 5.74) is 0. The normalized spacial score (nSPS) is 14.5. The van der Waals surface area contributed by atoms with Crippen LogP contribution in [0, 0.1) is 0 Å². The van der Waals surface area contributed by atoms with Gasteiger partial charge in [0.25, 0.3) is 0 Å². The molecule has 620 valence electrons. The summed E-state index contributed by atoms with van der Waals surface area (Å²) in [7, 11) is -9.99. The van der Waals surface area contributed by atoms with E-state index in [1.165, 1.54) is 109 Å². The number of hydrogen-bond acceptors (Lipinski definition) is 15. The number of hydrogen-bond donors (Lipinski definition) is 3. The Balaban J connectivity index is 5.44. The number of aliphatic hydroxyl groups excluding tert-OH is 1. The molecule has 0 aromatic rings. The number of ether oxygens (including phenoxy) is 4. The number of unbranched alkanes of at least 4 members (excludes halogenated alkanes) is 31. The molecule has 5 atom stereocenters. The SMILES string of the molecule is CC/C=C\C/C=C\C/C=C\C/C=C\C/C=C\CCCCCC(=O)OC[C@H](COP(=O)(O)OC[C@@H](O)COP(=O)(O)OC[C@@H](COC(=O)CCCCCCCCCCCCCCCCC)OC(=O)CCCCC/C=C\C/C=C\C/C=C\C/C=C\C/C=C\CC)OC(=O)CCCCCCC/C=C\CCCCCCCC. The molecule has 0 aliphatic carbocycles. The fourth-order valence-electron chi connectivity index (χ4n) is 11.2. The van der Waals surface area contributed by atoms with Crippen LogP contribution < -0.4 is 0 Å². The smallest absolute Gasteiger partial charge is 0.462 e. The van der Waals surface area contributed by atoms with E-state index >= 15 is 0 Å². The monoisotopic (exact) mass is 1560 g/mol. The summed E-state index contributed by atoms with van der Waals surface area (Å²) in [6.45, 7) is 4.61. The van der Waals surface area contributed by atoms with Gasteiger partial charge in [-0.3, -0.25) is 37.3 Å². The van der Waals surface area contributed by atoms with Gasteiger partial charge in [-0.2, -0.15) is 0 Å². The highest BCUT2D eigenvalue weighted by Crippen LogP contribution is 2.45. The molecular formula is C89H152O17P2. The number of aliphatic hydroxyl groups is 1. The maximum atomic E-state index is 13.1. The van der Waals surface area contributed by atoms with Crippen LogP contribution in [0.1, 0.15) is 349 Å². The van der Waals surface area contributed by atoms with E-state index in [4.69, 9.17) is 37.0 Å². The van der Waals surface area contributed by atoms with Gasteiger partial charge >= 0.3 is 39.5 Å². The number of rotatable bonds is 79. The van der Waals surface area contributed by atoms with Crippen LogP contribution in [0.15, 0.2) is 134 Å². The van der Waals surface area contributed by atoms with Crippen molar-refractivity contribution in [1.29, 1.82) is 0 Å². The van der Waals surface area contributed by atoms with Crippen molar-refractivity contribution in [3.05, 3.63) is 134 Å². The summed E-state index contributed by atoms with van der Waals surface area (Å²) in [6.07, 6.45) is 91.3. The summed E-state index contributed by atoms with van der Waals surface area (Å²) in [4.78, 5) is 73.2. The van der Waals surface area contributed by atoms with Crippen LogP contribution in [0.4, 0.5) is 0 Å². The van der Waals surface area contributed by atoms with Gasteiger partial charge in [0.1, 0.15) is 19.3 Å². The molecule has 0 aromatic heterocycles. The van der Waals surface area contributed by atoms with Crippen molar-refractivity contribution in [2.45, 2.75) is 367 Å². The van der Waals surface area contributed by atoms with Gasteiger partial charge in [-0.05, 0) is 141 Å². The second-order valence-corrected chi connectivity index (χ2v) is 30.9. The van der Waals surface area contributed by atoms with Crippen LogP contribution in [-0.2, 0) is 65.4 Å². The van der Waals surface area contributed by atoms with Crippen molar-refractivity contribution in [3.63, 3.8) is 0 Å². The fraction of sp³-hybridized carbons (Fsp3) is 0.708. The van der Waals surface area contributed by atoms with Crippen LogP contribution >= 0.6 is 15.6 Å². The van der Waals surface area contributed by atoms with Crippen LogP contribution in [0.3, 0.4) is 0 Å². The molecule has 0 bridgehead atoms. The van der Waals surface area contributed by atoms with Gasteiger partial charge in [-0.25, -0.2) is 9.13 Å². The Hall–Kier alpha value is -4.80. The second-order valence-electron chi connectivity index (χ2n) is 28.0. The number of carbonyl (C=O) groups excluding carboxylic acids is 4. The Morgan fingerprint density at radius 1 is 0.269 bits per heavy atom. The summed E-state index contributed by atoms with van der Waals surface area (Å²) in [5, 5.41) is 10.7. The molecule has 0 rings (SSSR count). The Kier molecular flexibility index (Phi) is 76.7. The highest BCUT2D eigenvalue weighted by atomic mass is 31.2. The quantitative estimate of drug-likeness (QED) is 0.0169. The first-order valence-electron chi connectivity index (χ1n) is 42.4. The highest BCUT2D eigenvalue weighted by Gasteiger charge is 2.30. The van der Waals surface area contributed by atoms with Gasteiger partial charge in [0.15, 0.2) is 12.2 Å². The van der Waals surface area contributed by atoms with Crippen molar-refractivity contribution in [1.82, 2.24) is 0 Å². The number of phosphoric acid groups is 2. The first-order chi connectivity index (χ1) is 52.7. The minimum absolute atomic E-state index is 0.0544. The van der Waals surface area contributed by atoms with Gasteiger partial charge in [0.2, 0.25) is 0 Å². The number of allylic oxidation sites excluding steroid dienone is 22. The van der Waals surface area contributed by atoms with Crippen molar-refractivity contribution < 1.29 is 80.2 Å². The molecule has 0 radical (unpaired) electrons. The lowest BCUT2D eigenvalue weighted by molar-refractivity contribution is -0.161. The van der Waals surface area contributed by atoms with E-state index in [0.717, 1.165) is 161 Å². The average Bonchev–Trinajstić information content (AvgIpc) is 0.914. The minimum atomic E-state index is -5.00. The van der Waals surface area contributed by atoms with Gasteiger partial charge in [-0.1, -0.05) is 315 Å². The Morgan fingerprint density at radius 3 is 0.759 bits per heavy atom. The molecule has 0 spiro atoms. The molecular weight excluding hydrogens is 1400 g/mol. The maximum Gasteiger partial charge on any atom is 0.472 e. The Bertz CT molecular complexity index is 2560. The van der Waals surface area contributed by atoms with Crippen molar-refractivity contribution >= 4 is 39.5 Å². The van der Waals surface area contributed by atoms with Crippen LogP contribution in [0.25, 0.3) is 0 Å². The van der Waals surface area contributed by atoms with Gasteiger partial charge in [0.05, 0.1) is 26.4 Å². The third-order valence-electron chi connectivity index (χ3n) is 17.6. The lowest BCUT2D eigenvalue weighted by atomic mass is 10.0. The highest BCUT2D eigenvalue weighted by molar-refractivity contribution is 7.47. The predicted molar refractivity (Wildman–Crippen MR) is 445 cm³/mol. The van der Waals surface area contributed by atoms with E-state index < -0.39 is 97.5 Å². The maximum absolute atomic E-state index is 13.1. The fourth-order valence-corrected chi connectivity index (χ4v) is 12.8. The lowest BCUT2D eigenvalue weighted by Crippen LogP contribution is -2.30. The van der Waals surface area contributed by atoms with E-state index in [0.29, 0.717) is 25.7 Å². The molecule has 0 aliphatic rings. The van der Waals surface area contributed by atoms with Crippen molar-refractivity contribution in [2.24, 2.45) is 0 Å². The Labute approximate surface area is 656 Å². The number of phosphoric ester groups is 2. The molecule has 2 unspecified atom stereocenters. The molecule has 0 saturated carbocycles. The average molecular weight is 1560 g/mol. The predicted octanol–water partition coefficient (Wildman–Crippen LogP) is 25.2. The van der Waals surface area contributed by atoms with Crippen LogP contribution in [-0.4, -0.2) is 96.7 Å². The van der Waals surface area contributed by atoms with Gasteiger partial charge in [-0.15, -0.1) is 0 Å². The van der Waals surface area contributed by atoms with Gasteiger partial charge < -0.3 is 33.8 Å². The molecule has 108 heavy (non-hydrogen) atoms. The number of carbonyl (C=O) groups is 4. The minimum Gasteiger partial charge on any atom is -0.462 e. The molecule has 0 saturated heterocycles. The Morgan fingerprint density at radius 2 is 0.481 bits per heavy atom. The number of esters is 4. The summed E-state index contributed by atoms with van der Waals surface area (Å²) >= 11 is 0. The first-order valence-corrected chi connectivity index (χ1v) is 45.4. The molecule has 19 heteroatoms. The molecule has 0 heterocycles. The van der Waals surface area contributed by atoms with Crippen molar-refractivity contribution in [2.75, 3.05) is 39.6 Å². The van der Waals surface area contributed by atoms with Crippen LogP contribution in [0.2, 0.25) is 0 Å². The summed E-state index contributed by atoms with van der Waals surface area (Å²) in [6, 6.07) is 0. The largest absolute Gasteiger partial charge is 0.472 e. The molecule has 0 fully saturated rings. The zero-order valence-corrected chi connectivity index (χ0v) is 69.8. The zero-order valence-electron chi connectivity index (χ0n) is 68.0. The van der Waals surface area contributed by atoms with E-state index in [1.54, 1.807) is 0 Å². The standard InChI is InChI=1S/C89H152O17P2/c1-5-9-13-17-21-25-29-33-37-39-41-43-47-50-54-58-62-66-70-74-87(92)100-80-84(105-88(93)75-71-67-63-59-55-51-46-36-32-28-24-20-16-12-8-4)81-103-107(95,96)101-77-83(90)78-102-108(97,98)104-82-85(79-99-86(91)73-69-65-61-57-53-49-45-35-31-27-23-19-15-11-7-3)106-89(94)76-72-68-64-60-56-52-48-44-42-40-38-34-30-26-22-18-14-10-6-2/h9-10,13-14,21-22,25-26,33-34,36-38,41-44,46,50,52,54,56,83-85,90H,5-8,11-12,15-20,23-24,27-32,35,39-40,45,47-49,51,53,55,57-82H2,1-4H3,(H,95,96)(H,97,98)/b13-9-,14-10-,25-21-,26-22-,37-33-,38-34-,43-41-,44-42-,46-36-,54-50-,56-52-/t83-,84-,85-/m1/s1. The molecule has 17 nitrogen and oxygen atoms in total. The molecule has 0 aliphatic heterocycles. The van der Waals surface area contributed by atoms with E-state index in [1.807, 2.05) is 0 Å². The lowest BCUT2D eigenvalue weighted by Gasteiger charge is -2.21. The molecule has 0 aromatic carbocycles. The summed E-state index contributed by atoms with van der Waals surface area (Å²) in [5.74, 6) is -2.24. The van der Waals surface area contributed by atoms with Gasteiger partial charge in [0, 0.05) is 25.7 Å². The topological polar surface area (TPSA) is 237 Å². The van der Waals surface area contributed by atoms with Crippen molar-refractivity contribution in [3.8, 4) is 0 Å². The van der Waals surface area contributed by atoms with E-state index in [9.17, 15) is 43.2 Å². The third kappa shape index (κ3) is 79.3. The third-order valence-corrected chi connectivity index (χ3v) is 19.5.